The largest absolute Gasteiger partial charge is 0.490 e. The number of hydrogen-bond acceptors (Lipinski definition) is 5. The molecule has 0 saturated heterocycles. The van der Waals surface area contributed by atoms with Crippen molar-refractivity contribution < 1.29 is 10.0 Å². The third kappa shape index (κ3) is 1.04. The maximum Gasteiger partial charge on any atom is 0.490 e. The summed E-state index contributed by atoms with van der Waals surface area (Å²) in [6.45, 7) is 0. The molecule has 6 nitrogen and oxygen atoms in total. The molecule has 0 radical (unpaired) electrons. The highest BCUT2D eigenvalue weighted by Gasteiger charge is 2.12. The van der Waals surface area contributed by atoms with Gasteiger partial charge in [0.2, 0.25) is 5.65 Å². The number of nitrogens with zero attached hydrogens (tertiary/aromatic N) is 3. The van der Waals surface area contributed by atoms with Gasteiger partial charge in [0.05, 0.1) is 0 Å². The summed E-state index contributed by atoms with van der Waals surface area (Å²) in [4.78, 5) is 3.84. The van der Waals surface area contributed by atoms with Gasteiger partial charge in [0.1, 0.15) is 5.52 Å². The Labute approximate surface area is 67.4 Å². The molecule has 0 aliphatic carbocycles. The normalized spacial score (nSPS) is 10.5. The van der Waals surface area contributed by atoms with E-state index in [4.69, 9.17) is 10.0 Å². The molecule has 0 aliphatic rings. The summed E-state index contributed by atoms with van der Waals surface area (Å²) < 4.78 is 0. The van der Waals surface area contributed by atoms with Gasteiger partial charge in [0.15, 0.2) is 0 Å². The van der Waals surface area contributed by atoms with E-state index in [1.807, 2.05) is 0 Å². The molecule has 0 atom stereocenters. The number of aromatic amines is 1. The zero-order valence-corrected chi connectivity index (χ0v) is 5.97. The highest BCUT2D eigenvalue weighted by Crippen LogP contribution is 1.99. The molecule has 2 aromatic rings. The van der Waals surface area contributed by atoms with Gasteiger partial charge in [-0.3, -0.25) is 5.10 Å². The molecule has 2 aromatic heterocycles. The van der Waals surface area contributed by atoms with Crippen molar-refractivity contribution in [3.63, 3.8) is 0 Å². The maximum absolute atomic E-state index is 8.78. The van der Waals surface area contributed by atoms with Gasteiger partial charge in [0.25, 0.3) is 0 Å². The van der Waals surface area contributed by atoms with Crippen molar-refractivity contribution in [2.45, 2.75) is 0 Å². The Morgan fingerprint density at radius 2 is 2.25 bits per heavy atom. The van der Waals surface area contributed by atoms with Crippen LogP contribution in [0.25, 0.3) is 11.2 Å². The molecule has 60 valence electrons. The van der Waals surface area contributed by atoms with E-state index < -0.39 is 7.12 Å². The van der Waals surface area contributed by atoms with Gasteiger partial charge in [-0.2, -0.15) is 0 Å². The predicted octanol–water partition coefficient (Wildman–Crippen LogP) is -1.97. The molecule has 0 bridgehead atoms. The van der Waals surface area contributed by atoms with E-state index in [2.05, 4.69) is 20.4 Å². The molecule has 0 unspecified atom stereocenters. The number of fused-ring (bicyclic) bond motifs is 1. The minimum absolute atomic E-state index is 0.313. The topological polar surface area (TPSA) is 94.9 Å². The van der Waals surface area contributed by atoms with Crippen molar-refractivity contribution >= 4 is 23.7 Å². The Hall–Kier alpha value is -1.47. The van der Waals surface area contributed by atoms with Gasteiger partial charge in [-0.15, -0.1) is 5.10 Å². The fraction of sp³-hybridized carbons (Fsp3) is 0. The number of pyridine rings is 1. The molecule has 0 fully saturated rings. The minimum Gasteiger partial charge on any atom is -0.423 e. The summed E-state index contributed by atoms with van der Waals surface area (Å²) in [6.07, 6.45) is 1.34. The van der Waals surface area contributed by atoms with Crippen LogP contribution in [0.2, 0.25) is 0 Å². The van der Waals surface area contributed by atoms with Gasteiger partial charge >= 0.3 is 7.12 Å². The molecule has 0 spiro atoms. The van der Waals surface area contributed by atoms with Crippen LogP contribution in [-0.4, -0.2) is 37.6 Å². The van der Waals surface area contributed by atoms with Crippen LogP contribution in [0, 0.1) is 0 Å². The molecule has 2 rings (SSSR count). The average Bonchev–Trinajstić information content (AvgIpc) is 2.49. The van der Waals surface area contributed by atoms with Crippen LogP contribution in [0.3, 0.4) is 0 Å². The summed E-state index contributed by atoms with van der Waals surface area (Å²) in [5, 5.41) is 27.3. The first-order chi connectivity index (χ1) is 5.77. The average molecular weight is 164 g/mol. The van der Waals surface area contributed by atoms with Crippen LogP contribution >= 0.6 is 0 Å². The van der Waals surface area contributed by atoms with E-state index in [9.17, 15) is 0 Å². The number of aromatic nitrogens is 4. The van der Waals surface area contributed by atoms with E-state index in [0.717, 1.165) is 0 Å². The van der Waals surface area contributed by atoms with Gasteiger partial charge in [0, 0.05) is 11.7 Å². The van der Waals surface area contributed by atoms with Crippen molar-refractivity contribution in [1.82, 2.24) is 20.4 Å². The molecule has 7 heteroatoms. The lowest BCUT2D eigenvalue weighted by atomic mass is 9.82. The van der Waals surface area contributed by atoms with Crippen LogP contribution in [0.4, 0.5) is 0 Å². The summed E-state index contributed by atoms with van der Waals surface area (Å²) in [6, 6.07) is 1.53. The third-order valence-electron chi connectivity index (χ3n) is 1.50. The quantitative estimate of drug-likeness (QED) is 0.425. The molecule has 12 heavy (non-hydrogen) atoms. The monoisotopic (exact) mass is 164 g/mol. The van der Waals surface area contributed by atoms with Crippen molar-refractivity contribution in [2.24, 2.45) is 0 Å². The molecule has 0 aromatic carbocycles. The van der Waals surface area contributed by atoms with Crippen LogP contribution < -0.4 is 5.46 Å². The second kappa shape index (κ2) is 2.54. The van der Waals surface area contributed by atoms with Crippen molar-refractivity contribution in [1.29, 1.82) is 0 Å². The highest BCUT2D eigenvalue weighted by molar-refractivity contribution is 6.58. The van der Waals surface area contributed by atoms with Crippen LogP contribution in [0.1, 0.15) is 0 Å². The highest BCUT2D eigenvalue weighted by atomic mass is 16.4. The van der Waals surface area contributed by atoms with Crippen molar-refractivity contribution in [3.05, 3.63) is 12.3 Å². The lowest BCUT2D eigenvalue weighted by Gasteiger charge is -1.95. The van der Waals surface area contributed by atoms with Crippen LogP contribution in [-0.2, 0) is 0 Å². The summed E-state index contributed by atoms with van der Waals surface area (Å²) in [5.74, 6) is 0. The van der Waals surface area contributed by atoms with E-state index in [-0.39, 0.29) is 0 Å². The van der Waals surface area contributed by atoms with Gasteiger partial charge < -0.3 is 10.0 Å². The third-order valence-corrected chi connectivity index (χ3v) is 1.50. The van der Waals surface area contributed by atoms with Crippen molar-refractivity contribution in [3.8, 4) is 0 Å². The van der Waals surface area contributed by atoms with E-state index in [1.54, 1.807) is 0 Å². The van der Waals surface area contributed by atoms with Crippen LogP contribution in [0.5, 0.6) is 0 Å². The molecular formula is C5H5BN4O2. The fourth-order valence-corrected chi connectivity index (χ4v) is 0.903. The van der Waals surface area contributed by atoms with Gasteiger partial charge in [-0.1, -0.05) is 5.21 Å². The second-order valence-electron chi connectivity index (χ2n) is 2.33. The Bertz CT molecular complexity index is 401. The Balaban J connectivity index is 2.60. The molecule has 0 amide bonds. The summed E-state index contributed by atoms with van der Waals surface area (Å²) in [5.41, 5.74) is 1.36. The first-order valence-electron chi connectivity index (χ1n) is 3.30. The molecular weight excluding hydrogens is 159 g/mol. The smallest absolute Gasteiger partial charge is 0.423 e. The number of rotatable bonds is 1. The lowest BCUT2D eigenvalue weighted by molar-refractivity contribution is 0.425. The Morgan fingerprint density at radius 1 is 1.42 bits per heavy atom. The van der Waals surface area contributed by atoms with Crippen molar-refractivity contribution in [2.75, 3.05) is 0 Å². The summed E-state index contributed by atoms with van der Waals surface area (Å²) in [7, 11) is -1.51. The molecule has 0 aliphatic heterocycles. The molecule has 2 heterocycles. The fourth-order valence-electron chi connectivity index (χ4n) is 0.903. The zero-order chi connectivity index (χ0) is 8.55. The van der Waals surface area contributed by atoms with Gasteiger partial charge in [-0.05, 0) is 6.07 Å². The Kier molecular flexibility index (Phi) is 1.52. The maximum atomic E-state index is 8.78. The molecule has 0 saturated carbocycles. The zero-order valence-electron chi connectivity index (χ0n) is 5.97. The van der Waals surface area contributed by atoms with E-state index in [0.29, 0.717) is 16.6 Å². The minimum atomic E-state index is -1.51. The SMILES string of the molecule is OB(O)c1cnc2nn[nH]c2c1. The second-order valence-corrected chi connectivity index (χ2v) is 2.33. The lowest BCUT2D eigenvalue weighted by Crippen LogP contribution is -2.29. The van der Waals surface area contributed by atoms with E-state index in [1.165, 1.54) is 12.3 Å². The Morgan fingerprint density at radius 3 is 3.00 bits per heavy atom. The van der Waals surface area contributed by atoms with Gasteiger partial charge in [-0.25, -0.2) is 4.98 Å². The predicted molar refractivity (Wildman–Crippen MR) is 41.5 cm³/mol. The van der Waals surface area contributed by atoms with E-state index >= 15 is 0 Å². The first kappa shape index (κ1) is 7.20. The number of nitrogens with one attached hydrogen (secondary N) is 1. The molecule has 3 N–H and O–H groups in total. The number of hydrogen-bond donors (Lipinski definition) is 3. The first-order valence-corrected chi connectivity index (χ1v) is 3.30. The number of H-pyrrole nitrogens is 1. The standard InChI is InChI=1S/C5H5BN4O2/c11-6(12)3-1-4-5(7-2-3)9-10-8-4/h1-2,11-12H,(H,7,8,9,10). The summed E-state index contributed by atoms with van der Waals surface area (Å²) >= 11 is 0. The van der Waals surface area contributed by atoms with Crippen LogP contribution in [0.15, 0.2) is 12.3 Å².